The summed E-state index contributed by atoms with van der Waals surface area (Å²) in [4.78, 5) is 0. The fraction of sp³-hybridized carbons (Fsp3) is 1.00. The van der Waals surface area contributed by atoms with E-state index < -0.39 is 18.2 Å². The Hall–Kier alpha value is 0.208. The van der Waals surface area contributed by atoms with Gasteiger partial charge in [0.1, 0.15) is 0 Å². The van der Waals surface area contributed by atoms with E-state index in [0.29, 0.717) is 6.04 Å². The van der Waals surface area contributed by atoms with Crippen LogP contribution in [0.4, 0.5) is 0 Å². The summed E-state index contributed by atoms with van der Waals surface area (Å²) in [5.74, 6) is 0. The molecule has 0 aliphatic rings. The largest absolute Gasteiger partial charge is 0.663 e. The van der Waals surface area contributed by atoms with Crippen molar-refractivity contribution in [2.75, 3.05) is 19.6 Å². The van der Waals surface area contributed by atoms with Gasteiger partial charge in [-0.1, -0.05) is 34.6 Å². The summed E-state index contributed by atoms with van der Waals surface area (Å²) < 4.78 is 9.01. The van der Waals surface area contributed by atoms with Gasteiger partial charge < -0.3 is 10.6 Å². The first-order valence-electron chi connectivity index (χ1n) is 8.30. The normalized spacial score (nSPS) is 10.7. The van der Waals surface area contributed by atoms with E-state index in [1.165, 1.54) is 0 Å². The van der Waals surface area contributed by atoms with E-state index in [1.54, 1.807) is 0 Å². The molecule has 0 N–H and O–H groups in total. The molecule has 0 saturated carbocycles. The average Bonchev–Trinajstić information content (AvgIpc) is 2.27. The summed E-state index contributed by atoms with van der Waals surface area (Å²) in [5, 5.41) is 8.10. The van der Waals surface area contributed by atoms with E-state index in [0.717, 1.165) is 19.6 Å². The molecule has 4 nitrogen and oxygen atoms in total. The second-order valence-corrected chi connectivity index (χ2v) is 8.35. The average molecular weight is 396 g/mol. The maximum atomic E-state index is 4.51. The Kier molecular flexibility index (Phi) is 19.8. The minimum absolute atomic E-state index is 0.108. The molecule has 0 unspecified atom stereocenters. The first-order valence-corrected chi connectivity index (χ1v) is 10.1. The van der Waals surface area contributed by atoms with Gasteiger partial charge in [-0.05, 0) is 0 Å². The van der Waals surface area contributed by atoms with Crippen molar-refractivity contribution in [1.82, 2.24) is 0 Å². The monoisotopic (exact) mass is 398 g/mol. The van der Waals surface area contributed by atoms with Crippen LogP contribution in [0.3, 0.4) is 0 Å². The summed E-state index contributed by atoms with van der Waals surface area (Å²) in [6, 6.07) is 0.523. The van der Waals surface area contributed by atoms with Gasteiger partial charge in [0.05, 0.1) is 0 Å². The van der Waals surface area contributed by atoms with Crippen LogP contribution in [0.2, 0.25) is 0 Å². The molecular weight excluding hydrogens is 356 g/mol. The van der Waals surface area contributed by atoms with Gasteiger partial charge in [0.25, 0.3) is 0 Å². The Labute approximate surface area is 148 Å². The van der Waals surface area contributed by atoms with Crippen molar-refractivity contribution in [1.29, 1.82) is 0 Å². The zero-order valence-corrected chi connectivity index (χ0v) is 18.9. The maximum absolute atomic E-state index is 4.51. The van der Waals surface area contributed by atoms with Crippen molar-refractivity contribution >= 4 is 0 Å². The number of nitrogens with zero attached hydrogens (tertiary/aromatic N) is 4. The summed E-state index contributed by atoms with van der Waals surface area (Å²) >= 11 is -0.473. The molecule has 22 heavy (non-hydrogen) atoms. The Morgan fingerprint density at radius 1 is 0.773 bits per heavy atom. The maximum Gasteiger partial charge on any atom is -0.0818 e. The molecule has 0 aromatic rings. The summed E-state index contributed by atoms with van der Waals surface area (Å²) in [7, 11) is 0. The van der Waals surface area contributed by atoms with Gasteiger partial charge in [0, 0.05) is 0 Å². The van der Waals surface area contributed by atoms with Crippen LogP contribution in [0.25, 0.3) is 10.6 Å². The third-order valence-corrected chi connectivity index (χ3v) is 4.72. The third kappa shape index (κ3) is 42.7. The van der Waals surface area contributed by atoms with Crippen LogP contribution >= 0.6 is 0 Å². The molecule has 0 heterocycles. The molecule has 0 saturated heterocycles. The minimum atomic E-state index is -0.473. The van der Waals surface area contributed by atoms with Gasteiger partial charge in [-0.3, -0.25) is 0 Å². The Morgan fingerprint density at radius 3 is 1.23 bits per heavy atom. The SMILES string of the molecule is CC(C)(C)[N]=[Mo+2]=[N]C(C)(C)C.CC[N-]C(C)C.CC[N-]CC. The van der Waals surface area contributed by atoms with Crippen molar-refractivity contribution < 1.29 is 18.2 Å². The number of rotatable bonds is 4. The molecule has 0 aliphatic heterocycles. The fourth-order valence-electron chi connectivity index (χ4n) is 0.854. The van der Waals surface area contributed by atoms with Crippen molar-refractivity contribution in [3.05, 3.63) is 10.6 Å². The number of hydrogen-bond acceptors (Lipinski definition) is 2. The number of hydrogen-bond donors (Lipinski definition) is 0. The van der Waals surface area contributed by atoms with Crippen LogP contribution in [0.15, 0.2) is 6.99 Å². The topological polar surface area (TPSA) is 52.9 Å². The Morgan fingerprint density at radius 2 is 1.14 bits per heavy atom. The third-order valence-electron chi connectivity index (χ3n) is 1.62. The quantitative estimate of drug-likeness (QED) is 0.507. The second-order valence-electron chi connectivity index (χ2n) is 7.05. The molecule has 0 spiro atoms. The first kappa shape index (κ1) is 27.1. The van der Waals surface area contributed by atoms with Crippen molar-refractivity contribution in [3.63, 3.8) is 0 Å². The molecule has 0 bridgehead atoms. The standard InChI is InChI=1S/C5H12N.2C4H9N.C4H10N.Mo/c1-4-6-5(2)3;2*1-4(2,3)5;1-3-5-4-2;/h5H,4H2,1-3H3;2*1-3H3;3-4H2,1-2H3;/q-1;;;-1;+2. The molecule has 134 valence electrons. The molecule has 0 fully saturated rings. The molecule has 0 aromatic heterocycles. The molecule has 0 aromatic carbocycles. The molecule has 0 atom stereocenters. The minimum Gasteiger partial charge on any atom is -0.663 e. The van der Waals surface area contributed by atoms with Gasteiger partial charge in [0.2, 0.25) is 0 Å². The molecule has 0 radical (unpaired) electrons. The van der Waals surface area contributed by atoms with E-state index >= 15 is 0 Å². The molecule has 5 heteroatoms. The van der Waals surface area contributed by atoms with Crippen LogP contribution in [0, 0.1) is 0 Å². The smallest absolute Gasteiger partial charge is 0.0818 e. The van der Waals surface area contributed by atoms with Gasteiger partial charge in [-0.25, -0.2) is 0 Å². The van der Waals surface area contributed by atoms with Gasteiger partial charge in [-0.15, -0.1) is 6.04 Å². The van der Waals surface area contributed by atoms with Gasteiger partial charge in [-0.2, -0.15) is 19.6 Å². The molecule has 0 rings (SSSR count). The zero-order chi connectivity index (χ0) is 18.2. The van der Waals surface area contributed by atoms with Crippen LogP contribution < -0.4 is 0 Å². The van der Waals surface area contributed by atoms with E-state index in [9.17, 15) is 0 Å². The fourth-order valence-corrected chi connectivity index (χ4v) is 2.16. The summed E-state index contributed by atoms with van der Waals surface area (Å²) in [6.45, 7) is 25.9. The van der Waals surface area contributed by atoms with E-state index in [2.05, 4.69) is 79.9 Å². The van der Waals surface area contributed by atoms with Crippen LogP contribution in [0.1, 0.15) is 76.2 Å². The summed E-state index contributed by atoms with van der Waals surface area (Å²) in [6.07, 6.45) is 0. The molecule has 0 amide bonds. The second kappa shape index (κ2) is 16.1. The summed E-state index contributed by atoms with van der Waals surface area (Å²) in [5.41, 5.74) is 0.216. The Balaban J connectivity index is -0.000000277. The first-order chi connectivity index (χ1) is 9.89. The van der Waals surface area contributed by atoms with Crippen LogP contribution in [-0.2, 0) is 18.2 Å². The van der Waals surface area contributed by atoms with E-state index in [4.69, 9.17) is 0 Å². The van der Waals surface area contributed by atoms with Gasteiger partial charge >= 0.3 is 77.8 Å². The van der Waals surface area contributed by atoms with E-state index in [1.807, 2.05) is 13.8 Å². The van der Waals surface area contributed by atoms with Gasteiger partial charge in [0.15, 0.2) is 0 Å². The zero-order valence-electron chi connectivity index (χ0n) is 16.9. The van der Waals surface area contributed by atoms with Crippen LogP contribution in [0.5, 0.6) is 0 Å². The van der Waals surface area contributed by atoms with Crippen molar-refractivity contribution in [2.24, 2.45) is 6.99 Å². The van der Waals surface area contributed by atoms with Crippen LogP contribution in [-0.4, -0.2) is 36.8 Å². The molecule has 0 aliphatic carbocycles. The van der Waals surface area contributed by atoms with E-state index in [-0.39, 0.29) is 11.1 Å². The molecular formula is C17H40MoN4. The predicted molar refractivity (Wildman–Crippen MR) is 97.8 cm³/mol. The predicted octanol–water partition coefficient (Wildman–Crippen LogP) is 6.22. The van der Waals surface area contributed by atoms with Crippen molar-refractivity contribution in [2.45, 2.75) is 93.3 Å². The Bertz CT molecular complexity index is 262. The van der Waals surface area contributed by atoms with Crippen molar-refractivity contribution in [3.8, 4) is 0 Å².